The second-order valence-electron chi connectivity index (χ2n) is 7.00. The largest absolute Gasteiger partial charge is 0.324 e. The van der Waals surface area contributed by atoms with Gasteiger partial charge in [0, 0.05) is 22.8 Å². The maximum Gasteiger partial charge on any atom is 0.267 e. The van der Waals surface area contributed by atoms with Crippen molar-refractivity contribution in [2.24, 2.45) is 0 Å². The van der Waals surface area contributed by atoms with E-state index in [4.69, 9.17) is 23.8 Å². The summed E-state index contributed by atoms with van der Waals surface area (Å²) in [6.45, 7) is 2.27. The Balaban J connectivity index is 1.65. The molecule has 2 heterocycles. The topological polar surface area (TPSA) is 69.7 Å². The summed E-state index contributed by atoms with van der Waals surface area (Å²) in [6.07, 6.45) is 0.759. The van der Waals surface area contributed by atoms with Crippen LogP contribution < -0.4 is 10.2 Å². The molecule has 0 atom stereocenters. The molecule has 0 aliphatic carbocycles. The molecule has 0 aromatic heterocycles. The van der Waals surface area contributed by atoms with Crippen molar-refractivity contribution in [2.45, 2.75) is 13.3 Å². The average molecular weight is 472 g/mol. The lowest BCUT2D eigenvalue weighted by Crippen LogP contribution is -2.35. The number of thiocarbonyl (C=S) groups is 1. The Bertz CT molecular complexity index is 1150. The van der Waals surface area contributed by atoms with Crippen LogP contribution in [-0.4, -0.2) is 40.0 Å². The minimum atomic E-state index is -0.389. The Hall–Kier alpha value is -2.68. The normalized spacial score (nSPS) is 18.1. The molecule has 0 spiro atoms. The van der Waals surface area contributed by atoms with Gasteiger partial charge in [0.1, 0.15) is 10.9 Å². The van der Waals surface area contributed by atoms with E-state index in [1.165, 1.54) is 9.80 Å². The van der Waals surface area contributed by atoms with Crippen molar-refractivity contribution in [1.29, 1.82) is 0 Å². The van der Waals surface area contributed by atoms with Crippen molar-refractivity contribution < 1.29 is 14.4 Å². The molecule has 0 radical (unpaired) electrons. The summed E-state index contributed by atoms with van der Waals surface area (Å²) in [7, 11) is 0. The molecule has 31 heavy (non-hydrogen) atoms. The first-order valence-corrected chi connectivity index (χ1v) is 11.3. The minimum Gasteiger partial charge on any atom is -0.324 e. The lowest BCUT2D eigenvalue weighted by Gasteiger charge is -2.17. The van der Waals surface area contributed by atoms with Gasteiger partial charge >= 0.3 is 0 Å². The number of amides is 3. The number of fused-ring (bicyclic) bond motifs is 1. The smallest absolute Gasteiger partial charge is 0.267 e. The highest BCUT2D eigenvalue weighted by molar-refractivity contribution is 8.26. The van der Waals surface area contributed by atoms with Crippen LogP contribution in [0.25, 0.3) is 5.57 Å². The van der Waals surface area contributed by atoms with Gasteiger partial charge in [0.25, 0.3) is 11.8 Å². The van der Waals surface area contributed by atoms with Gasteiger partial charge in [-0.05, 0) is 30.7 Å². The van der Waals surface area contributed by atoms with Crippen molar-refractivity contribution in [3.8, 4) is 0 Å². The van der Waals surface area contributed by atoms with Gasteiger partial charge in [-0.1, -0.05) is 66.8 Å². The van der Waals surface area contributed by atoms with Crippen LogP contribution in [0.4, 0.5) is 11.4 Å². The molecule has 158 valence electrons. The zero-order valence-corrected chi connectivity index (χ0v) is 18.9. The number of anilines is 2. The summed E-state index contributed by atoms with van der Waals surface area (Å²) in [5, 5.41) is 3.25. The van der Waals surface area contributed by atoms with Gasteiger partial charge in [-0.2, -0.15) is 0 Å². The second-order valence-corrected chi connectivity index (χ2v) is 9.08. The number of nitrogens with zero attached hydrogens (tertiary/aromatic N) is 2. The van der Waals surface area contributed by atoms with E-state index in [9.17, 15) is 14.4 Å². The summed E-state index contributed by atoms with van der Waals surface area (Å²) < 4.78 is 0.441. The molecule has 0 bridgehead atoms. The molecule has 2 aliphatic rings. The first-order valence-electron chi connectivity index (χ1n) is 9.65. The summed E-state index contributed by atoms with van der Waals surface area (Å²) in [6, 6.07) is 13.9. The molecule has 3 amide bonds. The second kappa shape index (κ2) is 8.82. The Morgan fingerprint density at radius 1 is 1.10 bits per heavy atom. The molecule has 2 aromatic rings. The van der Waals surface area contributed by atoms with Crippen molar-refractivity contribution in [2.75, 3.05) is 23.3 Å². The highest BCUT2D eigenvalue weighted by Gasteiger charge is 2.42. The molecule has 0 saturated carbocycles. The number of hydrogen-bond donors (Lipinski definition) is 1. The third-order valence-corrected chi connectivity index (χ3v) is 6.54. The Morgan fingerprint density at radius 2 is 1.87 bits per heavy atom. The fourth-order valence-electron chi connectivity index (χ4n) is 3.53. The summed E-state index contributed by atoms with van der Waals surface area (Å²) in [4.78, 5) is 42.2. The maximum absolute atomic E-state index is 13.3. The molecular weight excluding hydrogens is 454 g/mol. The predicted molar refractivity (Wildman–Crippen MR) is 128 cm³/mol. The SMILES string of the molecule is CCCN1C(=O)/C(=C2/C(=O)N(CC(=O)Nc3cccc(Cl)c3)c3ccccc32)SC1=S. The molecule has 9 heteroatoms. The van der Waals surface area contributed by atoms with E-state index in [0.717, 1.165) is 18.2 Å². The van der Waals surface area contributed by atoms with Crippen LogP contribution in [0.2, 0.25) is 5.02 Å². The summed E-state index contributed by atoms with van der Waals surface area (Å²) in [5.74, 6) is -1.02. The predicted octanol–water partition coefficient (Wildman–Crippen LogP) is 4.31. The fraction of sp³-hybridized carbons (Fsp3) is 0.182. The van der Waals surface area contributed by atoms with Gasteiger partial charge < -0.3 is 5.32 Å². The van der Waals surface area contributed by atoms with E-state index in [0.29, 0.717) is 43.3 Å². The van der Waals surface area contributed by atoms with Crippen LogP contribution in [0.1, 0.15) is 18.9 Å². The number of carbonyl (C=O) groups is 3. The van der Waals surface area contributed by atoms with E-state index in [2.05, 4.69) is 5.32 Å². The van der Waals surface area contributed by atoms with Gasteiger partial charge in [0.15, 0.2) is 0 Å². The van der Waals surface area contributed by atoms with Crippen LogP contribution >= 0.6 is 35.6 Å². The van der Waals surface area contributed by atoms with Gasteiger partial charge in [-0.3, -0.25) is 24.2 Å². The van der Waals surface area contributed by atoms with Crippen LogP contribution in [0, 0.1) is 0 Å². The van der Waals surface area contributed by atoms with E-state index >= 15 is 0 Å². The Kier molecular flexibility index (Phi) is 6.13. The van der Waals surface area contributed by atoms with E-state index in [1.54, 1.807) is 48.5 Å². The first-order chi connectivity index (χ1) is 14.9. The molecule has 1 saturated heterocycles. The van der Waals surface area contributed by atoms with E-state index in [1.807, 2.05) is 6.92 Å². The number of para-hydroxylation sites is 1. The Morgan fingerprint density at radius 3 is 2.61 bits per heavy atom. The molecule has 6 nitrogen and oxygen atoms in total. The number of rotatable bonds is 5. The molecule has 0 unspecified atom stereocenters. The van der Waals surface area contributed by atoms with Crippen LogP contribution in [0.15, 0.2) is 53.4 Å². The number of halogens is 1. The number of benzene rings is 2. The molecule has 2 aliphatic heterocycles. The van der Waals surface area contributed by atoms with E-state index < -0.39 is 0 Å². The highest BCUT2D eigenvalue weighted by atomic mass is 35.5. The molecular formula is C22H18ClN3O3S2. The zero-order valence-electron chi connectivity index (χ0n) is 16.6. The first kappa shape index (κ1) is 21.5. The molecule has 1 N–H and O–H groups in total. The molecule has 4 rings (SSSR count). The minimum absolute atomic E-state index is 0.193. The average Bonchev–Trinajstić information content (AvgIpc) is 3.16. The molecule has 2 aromatic carbocycles. The van der Waals surface area contributed by atoms with Crippen LogP contribution in [0.3, 0.4) is 0 Å². The van der Waals surface area contributed by atoms with Crippen molar-refractivity contribution in [3.63, 3.8) is 0 Å². The number of carbonyl (C=O) groups excluding carboxylic acids is 3. The fourth-order valence-corrected chi connectivity index (χ4v) is 5.10. The molecule has 1 fully saturated rings. The standard InChI is InChI=1S/C22H18ClN3O3S2/c1-2-10-25-21(29)19(31-22(25)30)18-15-8-3-4-9-16(15)26(20(18)28)12-17(27)24-14-7-5-6-13(23)11-14/h3-9,11H,2,10,12H2,1H3,(H,24,27)/b19-18-. The quantitative estimate of drug-likeness (QED) is 0.520. The lowest BCUT2D eigenvalue weighted by molar-refractivity contribution is -0.122. The number of thioether (sulfide) groups is 1. The van der Waals surface area contributed by atoms with Crippen LogP contribution in [0.5, 0.6) is 0 Å². The summed E-state index contributed by atoms with van der Waals surface area (Å²) >= 11 is 12.5. The van der Waals surface area contributed by atoms with Gasteiger partial charge in [-0.25, -0.2) is 0 Å². The maximum atomic E-state index is 13.3. The third-order valence-electron chi connectivity index (χ3n) is 4.86. The Labute approximate surface area is 194 Å². The van der Waals surface area contributed by atoms with Crippen molar-refractivity contribution in [3.05, 3.63) is 64.0 Å². The number of hydrogen-bond acceptors (Lipinski definition) is 5. The number of nitrogens with one attached hydrogen (secondary N) is 1. The van der Waals surface area contributed by atoms with E-state index in [-0.39, 0.29) is 24.3 Å². The lowest BCUT2D eigenvalue weighted by atomic mass is 10.1. The zero-order chi connectivity index (χ0) is 22.1. The van der Waals surface area contributed by atoms with Gasteiger partial charge in [0.05, 0.1) is 16.2 Å². The van der Waals surface area contributed by atoms with Gasteiger partial charge in [-0.15, -0.1) is 0 Å². The van der Waals surface area contributed by atoms with Crippen LogP contribution in [-0.2, 0) is 14.4 Å². The summed E-state index contributed by atoms with van der Waals surface area (Å²) in [5.41, 5.74) is 2.05. The van der Waals surface area contributed by atoms with Crippen molar-refractivity contribution in [1.82, 2.24) is 4.90 Å². The van der Waals surface area contributed by atoms with Gasteiger partial charge in [0.2, 0.25) is 5.91 Å². The highest BCUT2D eigenvalue weighted by Crippen LogP contribution is 2.44. The van der Waals surface area contributed by atoms with Crippen molar-refractivity contribution >= 4 is 74.6 Å². The third kappa shape index (κ3) is 4.11. The monoisotopic (exact) mass is 471 g/mol.